The third-order valence-electron chi connectivity index (χ3n) is 7.73. The number of aliphatic hydroxyl groups excluding tert-OH is 3. The maximum absolute atomic E-state index is 11.1. The number of rotatable bonds is 14. The van der Waals surface area contributed by atoms with Crippen molar-refractivity contribution in [1.82, 2.24) is 0 Å². The number of ether oxygens (including phenoxy) is 3. The minimum absolute atomic E-state index is 0.0754. The van der Waals surface area contributed by atoms with E-state index in [1.807, 2.05) is 12.1 Å². The summed E-state index contributed by atoms with van der Waals surface area (Å²) < 4.78 is 19.1. The molecular weight excluding hydrogens is 468 g/mol. The second-order valence-corrected chi connectivity index (χ2v) is 10.5. The van der Waals surface area contributed by atoms with Gasteiger partial charge < -0.3 is 29.5 Å². The zero-order chi connectivity index (χ0) is 26.1. The van der Waals surface area contributed by atoms with Crippen molar-refractivity contribution in [3.05, 3.63) is 52.6 Å². The van der Waals surface area contributed by atoms with Crippen LogP contribution in [0.15, 0.2) is 30.3 Å². The van der Waals surface area contributed by atoms with E-state index in [9.17, 15) is 15.3 Å². The van der Waals surface area contributed by atoms with Gasteiger partial charge in [-0.25, -0.2) is 0 Å². The summed E-state index contributed by atoms with van der Waals surface area (Å²) in [5.41, 5.74) is 4.00. The maximum Gasteiger partial charge on any atom is 0.132 e. The molecule has 4 rings (SSSR count). The van der Waals surface area contributed by atoms with Crippen LogP contribution in [0.2, 0.25) is 0 Å². The van der Waals surface area contributed by atoms with Gasteiger partial charge in [0.05, 0.1) is 19.3 Å². The molecule has 0 fully saturated rings. The molecule has 1 aliphatic heterocycles. The summed E-state index contributed by atoms with van der Waals surface area (Å²) in [4.78, 5) is 0. The van der Waals surface area contributed by atoms with Gasteiger partial charge in [-0.1, -0.05) is 25.5 Å². The Hall–Kier alpha value is -2.28. The summed E-state index contributed by atoms with van der Waals surface area (Å²) in [5.74, 6) is 2.54. The minimum Gasteiger partial charge on any atom is -0.493 e. The number of hydrogen-bond donors (Lipinski definition) is 3. The van der Waals surface area contributed by atoms with Crippen LogP contribution >= 0.6 is 0 Å². The van der Waals surface area contributed by atoms with Crippen molar-refractivity contribution >= 4 is 0 Å². The summed E-state index contributed by atoms with van der Waals surface area (Å²) in [6, 6.07) is 10.3. The maximum atomic E-state index is 11.1. The van der Waals surface area contributed by atoms with Crippen molar-refractivity contribution in [3.63, 3.8) is 0 Å². The molecule has 1 aliphatic carbocycles. The Balaban J connectivity index is 1.43. The molecule has 1 unspecified atom stereocenters. The first-order valence-electron chi connectivity index (χ1n) is 14.2. The number of aryl methyl sites for hydroxylation is 1. The minimum atomic E-state index is -0.643. The molecule has 1 atom stereocenters. The van der Waals surface area contributed by atoms with Gasteiger partial charge in [0.2, 0.25) is 0 Å². The fraction of sp³-hybridized carbons (Fsp3) is 0.613. The monoisotopic (exact) mass is 512 g/mol. The molecule has 6 nitrogen and oxygen atoms in total. The van der Waals surface area contributed by atoms with Crippen molar-refractivity contribution in [2.75, 3.05) is 26.4 Å². The van der Waals surface area contributed by atoms with Crippen LogP contribution in [0.4, 0.5) is 0 Å². The van der Waals surface area contributed by atoms with E-state index < -0.39 is 11.7 Å². The predicted octanol–water partition coefficient (Wildman–Crippen LogP) is 5.47. The van der Waals surface area contributed by atoms with Crippen molar-refractivity contribution in [1.29, 1.82) is 0 Å². The molecule has 0 saturated heterocycles. The molecule has 0 spiro atoms. The molecule has 0 amide bonds. The SMILES string of the molecule is CCCc1c(OCCCOc2cccc3c2CCCC3)ccc2c1OC(CCCO)(CCCO)CC2O. The zero-order valence-corrected chi connectivity index (χ0v) is 22.3. The Morgan fingerprint density at radius 3 is 2.38 bits per heavy atom. The highest BCUT2D eigenvalue weighted by Crippen LogP contribution is 2.48. The van der Waals surface area contributed by atoms with Gasteiger partial charge >= 0.3 is 0 Å². The van der Waals surface area contributed by atoms with Crippen molar-refractivity contribution in [3.8, 4) is 17.2 Å². The largest absolute Gasteiger partial charge is 0.493 e. The fourth-order valence-corrected chi connectivity index (χ4v) is 5.89. The lowest BCUT2D eigenvalue weighted by molar-refractivity contribution is -0.0336. The fourth-order valence-electron chi connectivity index (χ4n) is 5.89. The zero-order valence-electron chi connectivity index (χ0n) is 22.3. The van der Waals surface area contributed by atoms with Crippen LogP contribution in [0, 0.1) is 0 Å². The van der Waals surface area contributed by atoms with E-state index in [1.54, 1.807) is 0 Å². The Kier molecular flexibility index (Phi) is 10.1. The molecule has 0 radical (unpaired) electrons. The average Bonchev–Trinajstić information content (AvgIpc) is 2.92. The van der Waals surface area contributed by atoms with Crippen LogP contribution in [0.25, 0.3) is 0 Å². The van der Waals surface area contributed by atoms with Crippen LogP contribution in [0.1, 0.15) is 93.1 Å². The van der Waals surface area contributed by atoms with Crippen LogP contribution in [-0.4, -0.2) is 47.3 Å². The molecular formula is C31H44O6. The van der Waals surface area contributed by atoms with E-state index in [2.05, 4.69) is 25.1 Å². The summed E-state index contributed by atoms with van der Waals surface area (Å²) in [6.07, 6.45) is 9.50. The summed E-state index contributed by atoms with van der Waals surface area (Å²) in [6.45, 7) is 3.41. The Labute approximate surface area is 221 Å². The first-order valence-corrected chi connectivity index (χ1v) is 14.2. The van der Waals surface area contributed by atoms with Gasteiger partial charge in [-0.2, -0.15) is 0 Å². The van der Waals surface area contributed by atoms with Crippen molar-refractivity contribution < 1.29 is 29.5 Å². The molecule has 1 heterocycles. The third-order valence-corrected chi connectivity index (χ3v) is 7.73. The van der Waals surface area contributed by atoms with E-state index >= 15 is 0 Å². The normalized spacial score (nSPS) is 18.0. The van der Waals surface area contributed by atoms with Gasteiger partial charge in [-0.05, 0) is 87.1 Å². The van der Waals surface area contributed by atoms with Gasteiger partial charge in [-0.3, -0.25) is 0 Å². The molecule has 3 N–H and O–H groups in total. The number of benzene rings is 2. The van der Waals surface area contributed by atoms with E-state index in [-0.39, 0.29) is 13.2 Å². The highest BCUT2D eigenvalue weighted by atomic mass is 16.5. The molecule has 0 bridgehead atoms. The molecule has 6 heteroatoms. The van der Waals surface area contributed by atoms with Crippen LogP contribution in [0.5, 0.6) is 17.2 Å². The highest BCUT2D eigenvalue weighted by molar-refractivity contribution is 5.52. The van der Waals surface area contributed by atoms with Crippen LogP contribution in [0.3, 0.4) is 0 Å². The average molecular weight is 513 g/mol. The lowest BCUT2D eigenvalue weighted by Crippen LogP contribution is -2.42. The first kappa shape index (κ1) is 27.7. The third kappa shape index (κ3) is 6.78. The number of fused-ring (bicyclic) bond motifs is 2. The summed E-state index contributed by atoms with van der Waals surface area (Å²) >= 11 is 0. The van der Waals surface area contributed by atoms with E-state index in [0.29, 0.717) is 45.3 Å². The lowest BCUT2D eigenvalue weighted by Gasteiger charge is -2.42. The molecule has 204 valence electrons. The Bertz CT molecular complexity index is 995. The molecule has 37 heavy (non-hydrogen) atoms. The van der Waals surface area contributed by atoms with Crippen molar-refractivity contribution in [2.24, 2.45) is 0 Å². The molecule has 0 aromatic heterocycles. The van der Waals surface area contributed by atoms with Gasteiger partial charge in [0, 0.05) is 37.2 Å². The van der Waals surface area contributed by atoms with Gasteiger partial charge in [-0.15, -0.1) is 0 Å². The van der Waals surface area contributed by atoms with Gasteiger partial charge in [0.15, 0.2) is 0 Å². The first-order chi connectivity index (χ1) is 18.1. The predicted molar refractivity (Wildman–Crippen MR) is 145 cm³/mol. The second kappa shape index (κ2) is 13.5. The Morgan fingerprint density at radius 2 is 1.65 bits per heavy atom. The summed E-state index contributed by atoms with van der Waals surface area (Å²) in [5, 5.41) is 30.0. The Morgan fingerprint density at radius 1 is 0.919 bits per heavy atom. The second-order valence-electron chi connectivity index (χ2n) is 10.5. The van der Waals surface area contributed by atoms with E-state index in [0.717, 1.165) is 60.5 Å². The standard InChI is InChI=1S/C31H44O6/c1-2-9-26-29(36-21-8-20-35-28-13-5-11-23-10-3-4-12-24(23)28)15-14-25-27(34)22-31(16-6-18-32,17-7-19-33)37-30(25)26/h5,11,13-15,27,32-34H,2-4,6-10,12,16-22H2,1H3. The highest BCUT2D eigenvalue weighted by Gasteiger charge is 2.41. The van der Waals surface area contributed by atoms with Crippen LogP contribution < -0.4 is 14.2 Å². The van der Waals surface area contributed by atoms with Crippen molar-refractivity contribution in [2.45, 2.75) is 95.7 Å². The van der Waals surface area contributed by atoms with Gasteiger partial charge in [0.25, 0.3) is 0 Å². The van der Waals surface area contributed by atoms with Crippen LogP contribution in [-0.2, 0) is 19.3 Å². The van der Waals surface area contributed by atoms with E-state index in [1.165, 1.54) is 24.0 Å². The lowest BCUT2D eigenvalue weighted by atomic mass is 9.81. The molecule has 0 saturated carbocycles. The summed E-state index contributed by atoms with van der Waals surface area (Å²) in [7, 11) is 0. The molecule has 2 aromatic carbocycles. The molecule has 2 aliphatic rings. The number of aliphatic hydroxyl groups is 3. The van der Waals surface area contributed by atoms with E-state index in [4.69, 9.17) is 14.2 Å². The molecule has 2 aromatic rings. The van der Waals surface area contributed by atoms with Gasteiger partial charge in [0.1, 0.15) is 22.8 Å². The topological polar surface area (TPSA) is 88.4 Å². The number of hydrogen-bond acceptors (Lipinski definition) is 6. The smallest absolute Gasteiger partial charge is 0.132 e. The quantitative estimate of drug-likeness (QED) is 0.291.